The molecule has 0 aromatic carbocycles. The quantitative estimate of drug-likeness (QED) is 0.665. The molecule has 0 radical (unpaired) electrons. The SMILES string of the molecule is COCCN1C(=O)N(Cc2cccnc2)C(=O)C12CCN(Cc1ccco1)CC2. The number of piperidine rings is 1. The number of furan rings is 1. The zero-order chi connectivity index (χ0) is 20.3. The van der Waals surface area contributed by atoms with Crippen LogP contribution < -0.4 is 0 Å². The summed E-state index contributed by atoms with van der Waals surface area (Å²) in [5.74, 6) is 0.796. The fourth-order valence-electron chi connectivity index (χ4n) is 4.28. The van der Waals surface area contributed by atoms with Gasteiger partial charge in [0.1, 0.15) is 11.3 Å². The Morgan fingerprint density at radius 3 is 2.66 bits per heavy atom. The van der Waals surface area contributed by atoms with E-state index in [4.69, 9.17) is 9.15 Å². The van der Waals surface area contributed by atoms with Crippen LogP contribution in [0, 0.1) is 0 Å². The third-order valence-corrected chi connectivity index (χ3v) is 5.85. The van der Waals surface area contributed by atoms with E-state index in [1.807, 2.05) is 24.3 Å². The lowest BCUT2D eigenvalue weighted by molar-refractivity contribution is -0.136. The third kappa shape index (κ3) is 3.77. The Hall–Kier alpha value is -2.71. The Bertz CT molecular complexity index is 832. The first kappa shape index (κ1) is 19.6. The molecule has 8 nitrogen and oxygen atoms in total. The molecular weight excluding hydrogens is 372 g/mol. The summed E-state index contributed by atoms with van der Waals surface area (Å²) in [4.78, 5) is 36.1. The van der Waals surface area contributed by atoms with E-state index >= 15 is 0 Å². The first-order valence-electron chi connectivity index (χ1n) is 9.90. The van der Waals surface area contributed by atoms with Crippen molar-refractivity contribution in [1.29, 1.82) is 0 Å². The Morgan fingerprint density at radius 1 is 1.17 bits per heavy atom. The summed E-state index contributed by atoms with van der Waals surface area (Å²) < 4.78 is 10.7. The van der Waals surface area contributed by atoms with E-state index in [1.165, 1.54) is 4.90 Å². The zero-order valence-electron chi connectivity index (χ0n) is 16.6. The van der Waals surface area contributed by atoms with E-state index in [0.29, 0.717) is 32.5 Å². The molecular formula is C21H26N4O4. The monoisotopic (exact) mass is 398 g/mol. The van der Waals surface area contributed by atoms with Crippen LogP contribution >= 0.6 is 0 Å². The summed E-state index contributed by atoms with van der Waals surface area (Å²) in [7, 11) is 1.61. The second-order valence-corrected chi connectivity index (χ2v) is 7.57. The van der Waals surface area contributed by atoms with Crippen molar-refractivity contribution in [3.05, 3.63) is 54.2 Å². The first-order valence-corrected chi connectivity index (χ1v) is 9.90. The molecule has 2 fully saturated rings. The van der Waals surface area contributed by atoms with Crippen LogP contribution in [0.5, 0.6) is 0 Å². The van der Waals surface area contributed by atoms with Gasteiger partial charge in [-0.25, -0.2) is 4.79 Å². The molecule has 2 aliphatic rings. The van der Waals surface area contributed by atoms with E-state index in [2.05, 4.69) is 9.88 Å². The van der Waals surface area contributed by atoms with Crippen LogP contribution in [0.2, 0.25) is 0 Å². The highest BCUT2D eigenvalue weighted by atomic mass is 16.5. The van der Waals surface area contributed by atoms with Gasteiger partial charge in [-0.05, 0) is 36.6 Å². The third-order valence-electron chi connectivity index (χ3n) is 5.85. The van der Waals surface area contributed by atoms with E-state index in [0.717, 1.165) is 24.4 Å². The van der Waals surface area contributed by atoms with Gasteiger partial charge < -0.3 is 14.1 Å². The summed E-state index contributed by atoms with van der Waals surface area (Å²) in [5.41, 5.74) is 0.0468. The van der Waals surface area contributed by atoms with Crippen molar-refractivity contribution in [1.82, 2.24) is 19.7 Å². The van der Waals surface area contributed by atoms with Crippen molar-refractivity contribution in [3.63, 3.8) is 0 Å². The number of aromatic nitrogens is 1. The van der Waals surface area contributed by atoms with E-state index in [-0.39, 0.29) is 18.5 Å². The predicted molar refractivity (Wildman–Crippen MR) is 105 cm³/mol. The van der Waals surface area contributed by atoms with Gasteiger partial charge in [-0.1, -0.05) is 6.07 Å². The van der Waals surface area contributed by atoms with Gasteiger partial charge in [-0.15, -0.1) is 0 Å². The van der Waals surface area contributed by atoms with E-state index in [9.17, 15) is 9.59 Å². The number of likely N-dealkylation sites (tertiary alicyclic amines) is 1. The molecule has 0 atom stereocenters. The highest BCUT2D eigenvalue weighted by Gasteiger charge is 2.57. The topological polar surface area (TPSA) is 79.1 Å². The van der Waals surface area contributed by atoms with Crippen LogP contribution in [0.1, 0.15) is 24.2 Å². The normalized spacial score (nSPS) is 19.5. The van der Waals surface area contributed by atoms with Crippen LogP contribution in [-0.2, 0) is 22.6 Å². The zero-order valence-corrected chi connectivity index (χ0v) is 16.6. The fourth-order valence-corrected chi connectivity index (χ4v) is 4.28. The van der Waals surface area contributed by atoms with Gasteiger partial charge in [-0.3, -0.25) is 19.6 Å². The summed E-state index contributed by atoms with van der Waals surface area (Å²) in [6.07, 6.45) is 6.25. The molecule has 2 aromatic heterocycles. The predicted octanol–water partition coefficient (Wildman–Crippen LogP) is 2.12. The molecule has 2 aromatic rings. The number of hydrogen-bond acceptors (Lipinski definition) is 6. The minimum atomic E-state index is -0.794. The van der Waals surface area contributed by atoms with Crippen molar-refractivity contribution >= 4 is 11.9 Å². The maximum absolute atomic E-state index is 13.5. The molecule has 154 valence electrons. The van der Waals surface area contributed by atoms with E-state index in [1.54, 1.807) is 30.7 Å². The highest BCUT2D eigenvalue weighted by molar-refractivity contribution is 6.07. The van der Waals surface area contributed by atoms with Crippen molar-refractivity contribution in [2.24, 2.45) is 0 Å². The molecule has 0 N–H and O–H groups in total. The minimum Gasteiger partial charge on any atom is -0.468 e. The van der Waals surface area contributed by atoms with Gasteiger partial charge in [0.2, 0.25) is 0 Å². The molecule has 4 rings (SSSR count). The number of carbonyl (C=O) groups excluding carboxylic acids is 2. The number of imide groups is 1. The van der Waals surface area contributed by atoms with Gasteiger partial charge in [0.05, 0.1) is 26.0 Å². The number of pyridine rings is 1. The number of nitrogens with zero attached hydrogens (tertiary/aromatic N) is 4. The van der Waals surface area contributed by atoms with Crippen molar-refractivity contribution < 1.29 is 18.7 Å². The number of methoxy groups -OCH3 is 1. The van der Waals surface area contributed by atoms with Gasteiger partial charge in [0.15, 0.2) is 0 Å². The van der Waals surface area contributed by atoms with Crippen molar-refractivity contribution in [2.75, 3.05) is 33.4 Å². The smallest absolute Gasteiger partial charge is 0.328 e. The van der Waals surface area contributed by atoms with Crippen molar-refractivity contribution in [3.8, 4) is 0 Å². The van der Waals surface area contributed by atoms with Gasteiger partial charge in [0.25, 0.3) is 5.91 Å². The standard InChI is InChI=1S/C21H26N4O4/c1-28-13-11-25-20(27)24(15-17-4-2-8-22-14-17)19(26)21(25)6-9-23(10-7-21)16-18-5-3-12-29-18/h2-5,8,12,14H,6-7,9-11,13,15-16H2,1H3. The van der Waals surface area contributed by atoms with E-state index < -0.39 is 5.54 Å². The Labute approximate surface area is 170 Å². The van der Waals surface area contributed by atoms with Gasteiger partial charge >= 0.3 is 6.03 Å². The van der Waals surface area contributed by atoms with Gasteiger partial charge in [0, 0.05) is 39.1 Å². The number of rotatable bonds is 7. The van der Waals surface area contributed by atoms with Crippen molar-refractivity contribution in [2.45, 2.75) is 31.5 Å². The molecule has 3 amide bonds. The lowest BCUT2D eigenvalue weighted by Gasteiger charge is -2.42. The molecule has 0 saturated carbocycles. The van der Waals surface area contributed by atoms with Crippen LogP contribution in [0.15, 0.2) is 47.3 Å². The minimum absolute atomic E-state index is 0.111. The number of ether oxygens (including phenoxy) is 1. The maximum Gasteiger partial charge on any atom is 0.328 e. The number of urea groups is 1. The molecule has 29 heavy (non-hydrogen) atoms. The molecule has 4 heterocycles. The lowest BCUT2D eigenvalue weighted by Crippen LogP contribution is -2.57. The Balaban J connectivity index is 1.52. The number of carbonyl (C=O) groups is 2. The Kier molecular flexibility index (Phi) is 5.64. The second-order valence-electron chi connectivity index (χ2n) is 7.57. The molecule has 2 saturated heterocycles. The van der Waals surface area contributed by atoms with Crippen LogP contribution in [-0.4, -0.2) is 70.5 Å². The Morgan fingerprint density at radius 2 is 2.00 bits per heavy atom. The maximum atomic E-state index is 13.5. The molecule has 0 bridgehead atoms. The molecule has 0 unspecified atom stereocenters. The van der Waals surface area contributed by atoms with Gasteiger partial charge in [-0.2, -0.15) is 0 Å². The number of hydrogen-bond donors (Lipinski definition) is 0. The average Bonchev–Trinajstić information content (AvgIpc) is 3.32. The fraction of sp³-hybridized carbons (Fsp3) is 0.476. The van der Waals surface area contributed by atoms with Crippen LogP contribution in [0.3, 0.4) is 0 Å². The van der Waals surface area contributed by atoms with Crippen LogP contribution in [0.4, 0.5) is 4.79 Å². The molecule has 2 aliphatic heterocycles. The molecule has 0 aliphatic carbocycles. The van der Waals surface area contributed by atoms with Crippen LogP contribution in [0.25, 0.3) is 0 Å². The lowest BCUT2D eigenvalue weighted by atomic mass is 9.85. The number of amides is 3. The summed E-state index contributed by atoms with van der Waals surface area (Å²) >= 11 is 0. The highest BCUT2D eigenvalue weighted by Crippen LogP contribution is 2.38. The average molecular weight is 398 g/mol. The summed E-state index contributed by atoms with van der Waals surface area (Å²) in [6.45, 7) is 3.21. The molecule has 1 spiro atoms. The largest absolute Gasteiger partial charge is 0.468 e. The summed E-state index contributed by atoms with van der Waals surface area (Å²) in [5, 5.41) is 0. The molecule has 8 heteroatoms. The second kappa shape index (κ2) is 8.34. The summed E-state index contributed by atoms with van der Waals surface area (Å²) in [6, 6.07) is 7.28. The first-order chi connectivity index (χ1) is 14.1.